The van der Waals surface area contributed by atoms with Crippen LogP contribution in [-0.4, -0.2) is 47.9 Å². The molecule has 4 aromatic rings. The maximum absolute atomic E-state index is 14.0. The van der Waals surface area contributed by atoms with Crippen LogP contribution < -0.4 is 11.5 Å². The van der Waals surface area contributed by atoms with Crippen molar-refractivity contribution < 1.29 is 38.9 Å². The Labute approximate surface area is 247 Å². The van der Waals surface area contributed by atoms with Gasteiger partial charge < -0.3 is 31.2 Å². The first-order chi connectivity index (χ1) is 20.1. The molecule has 212 valence electrons. The molecule has 0 spiro atoms. The number of methoxy groups -OCH3 is 2. The Kier molecular flexibility index (Phi) is 7.59. The number of ether oxygens (including phenoxy) is 2. The molecule has 4 aromatic carbocycles. The van der Waals surface area contributed by atoms with Gasteiger partial charge in [-0.2, -0.15) is 0 Å². The number of carbonyl (C=O) groups excluding carboxylic acids is 4. The number of nitrogen functional groups attached to an aromatic ring is 2. The van der Waals surface area contributed by atoms with Crippen LogP contribution in [0.15, 0.2) is 80.2 Å². The van der Waals surface area contributed by atoms with Crippen LogP contribution in [-0.2, 0) is 9.47 Å². The van der Waals surface area contributed by atoms with Crippen LogP contribution in [0.1, 0.15) is 52.6 Å². The molecule has 0 saturated heterocycles. The molecule has 0 saturated carbocycles. The molecule has 6 N–H and O–H groups in total. The van der Waals surface area contributed by atoms with Gasteiger partial charge in [-0.15, -0.1) is 0 Å². The fourth-order valence-corrected chi connectivity index (χ4v) is 6.63. The number of carbonyl (C=O) groups is 4. The molecule has 1 aliphatic rings. The maximum atomic E-state index is 14.0. The Morgan fingerprint density at radius 2 is 0.976 bits per heavy atom. The molecule has 1 aliphatic carbocycles. The minimum Gasteiger partial charge on any atom is -0.507 e. The molecule has 12 heteroatoms. The maximum Gasteiger partial charge on any atom is 0.339 e. The zero-order chi connectivity index (χ0) is 30.3. The number of aromatic hydroxyl groups is 2. The molecule has 0 bridgehead atoms. The Morgan fingerprint density at radius 1 is 0.619 bits per heavy atom. The van der Waals surface area contributed by atoms with E-state index < -0.39 is 35.0 Å². The molecule has 42 heavy (non-hydrogen) atoms. The van der Waals surface area contributed by atoms with Gasteiger partial charge in [0.1, 0.15) is 11.5 Å². The van der Waals surface area contributed by atoms with Gasteiger partial charge in [-0.1, -0.05) is 47.8 Å². The van der Waals surface area contributed by atoms with Crippen LogP contribution in [0.2, 0.25) is 0 Å². The highest BCUT2D eigenvalue weighted by Gasteiger charge is 2.39. The summed E-state index contributed by atoms with van der Waals surface area (Å²) in [6, 6.07) is 15.5. The van der Waals surface area contributed by atoms with Crippen LogP contribution in [0.25, 0.3) is 0 Å². The third-order valence-corrected chi connectivity index (χ3v) is 8.82. The van der Waals surface area contributed by atoms with E-state index in [1.807, 2.05) is 0 Å². The molecule has 5 rings (SSSR count). The Morgan fingerprint density at radius 3 is 1.36 bits per heavy atom. The summed E-state index contributed by atoms with van der Waals surface area (Å²) in [5.41, 5.74) is 11.8. The highest BCUT2D eigenvalue weighted by atomic mass is 32.2. The number of hydrogen-bond acceptors (Lipinski definition) is 12. The molecule has 10 nitrogen and oxygen atoms in total. The Balaban J connectivity index is 1.63. The third-order valence-electron chi connectivity index (χ3n) is 6.55. The molecule has 0 heterocycles. The SMILES string of the molecule is COC(=O)c1ccccc1Sc1cc(O)c2c(c1N)C(=O)c1c(N)c(Sc3ccccc3C(=O)OC)cc(O)c1C2=O. The molecular formula is C30H22N2O8S2. The molecule has 0 atom stereocenters. The predicted molar refractivity (Wildman–Crippen MR) is 156 cm³/mol. The molecule has 0 radical (unpaired) electrons. The lowest BCUT2D eigenvalue weighted by molar-refractivity contribution is 0.0588. The number of phenolic OH excluding ortho intramolecular Hbond substituents is 2. The van der Waals surface area contributed by atoms with Crippen LogP contribution in [0.4, 0.5) is 11.4 Å². The monoisotopic (exact) mass is 602 g/mol. The van der Waals surface area contributed by atoms with Crippen molar-refractivity contribution in [2.45, 2.75) is 19.6 Å². The number of phenols is 2. The molecule has 0 fully saturated rings. The fraction of sp³-hybridized carbons (Fsp3) is 0.0667. The number of ketones is 2. The number of fused-ring (bicyclic) bond motifs is 2. The highest BCUT2D eigenvalue weighted by molar-refractivity contribution is 7.99. The van der Waals surface area contributed by atoms with E-state index in [0.717, 1.165) is 23.5 Å². The van der Waals surface area contributed by atoms with Crippen molar-refractivity contribution in [2.75, 3.05) is 25.7 Å². The fourth-order valence-electron chi connectivity index (χ4n) is 4.58. The number of nitrogens with two attached hydrogens (primary N) is 2. The van der Waals surface area contributed by atoms with Crippen molar-refractivity contribution in [3.8, 4) is 11.5 Å². The first-order valence-electron chi connectivity index (χ1n) is 12.2. The van der Waals surface area contributed by atoms with Crippen LogP contribution >= 0.6 is 23.5 Å². The summed E-state index contributed by atoms with van der Waals surface area (Å²) in [5.74, 6) is -3.89. The van der Waals surface area contributed by atoms with Gasteiger partial charge in [0.25, 0.3) is 0 Å². The Bertz CT molecular complexity index is 1710. The second kappa shape index (κ2) is 11.1. The van der Waals surface area contributed by atoms with E-state index >= 15 is 0 Å². The lowest BCUT2D eigenvalue weighted by atomic mass is 9.81. The van der Waals surface area contributed by atoms with Crippen molar-refractivity contribution in [3.63, 3.8) is 0 Å². The smallest absolute Gasteiger partial charge is 0.339 e. The van der Waals surface area contributed by atoms with E-state index in [1.54, 1.807) is 48.5 Å². The largest absolute Gasteiger partial charge is 0.507 e. The number of rotatable bonds is 6. The third kappa shape index (κ3) is 4.70. The molecule has 0 amide bonds. The molecule has 0 unspecified atom stereocenters. The first kappa shape index (κ1) is 28.6. The van der Waals surface area contributed by atoms with Crippen molar-refractivity contribution in [3.05, 3.63) is 94.0 Å². The minimum absolute atomic E-state index is 0.121. The standard InChI is InChI=1S/C30H22N2O8S2/c1-39-29(37)13-7-3-5-9-17(13)41-19-11-15(33)21-23(25(19)31)28(36)24-22(27(21)35)16(34)12-20(26(24)32)42-18-10-6-4-8-14(18)30(38)40-2/h3-12,33-34H,31-32H2,1-2H3. The summed E-state index contributed by atoms with van der Waals surface area (Å²) in [7, 11) is 2.48. The van der Waals surface area contributed by atoms with Crippen LogP contribution in [0.3, 0.4) is 0 Å². The highest BCUT2D eigenvalue weighted by Crippen LogP contribution is 2.48. The van der Waals surface area contributed by atoms with E-state index in [0.29, 0.717) is 9.79 Å². The van der Waals surface area contributed by atoms with Crippen LogP contribution in [0, 0.1) is 0 Å². The van der Waals surface area contributed by atoms with Crippen LogP contribution in [0.5, 0.6) is 11.5 Å². The van der Waals surface area contributed by atoms with Gasteiger partial charge in [0, 0.05) is 19.6 Å². The van der Waals surface area contributed by atoms with Gasteiger partial charge in [0.2, 0.25) is 5.78 Å². The molecule has 0 aliphatic heterocycles. The van der Waals surface area contributed by atoms with Gasteiger partial charge in [-0.25, -0.2) is 9.59 Å². The number of hydrogen-bond donors (Lipinski definition) is 4. The zero-order valence-electron chi connectivity index (χ0n) is 22.1. The molecular weight excluding hydrogens is 580 g/mol. The summed E-state index contributed by atoms with van der Waals surface area (Å²) in [5, 5.41) is 21.8. The normalized spacial score (nSPS) is 12.0. The van der Waals surface area contributed by atoms with Crippen molar-refractivity contribution in [2.24, 2.45) is 0 Å². The van der Waals surface area contributed by atoms with Crippen molar-refractivity contribution >= 4 is 58.4 Å². The van der Waals surface area contributed by atoms with Crippen molar-refractivity contribution in [1.82, 2.24) is 0 Å². The Hall–Kier alpha value is -4.94. The summed E-state index contributed by atoms with van der Waals surface area (Å²) in [6.07, 6.45) is 0. The van der Waals surface area contributed by atoms with E-state index in [9.17, 15) is 29.4 Å². The topological polar surface area (TPSA) is 179 Å². The van der Waals surface area contributed by atoms with Gasteiger partial charge in [0.05, 0.1) is 59.0 Å². The van der Waals surface area contributed by atoms with E-state index in [2.05, 4.69) is 0 Å². The average Bonchev–Trinajstić information content (AvgIpc) is 2.98. The average molecular weight is 603 g/mol. The van der Waals surface area contributed by atoms with Gasteiger partial charge in [-0.05, 0) is 36.4 Å². The summed E-state index contributed by atoms with van der Waals surface area (Å²) < 4.78 is 9.67. The van der Waals surface area contributed by atoms with E-state index in [1.165, 1.54) is 26.4 Å². The second-order valence-corrected chi connectivity index (χ2v) is 11.1. The quantitative estimate of drug-likeness (QED) is 0.117. The van der Waals surface area contributed by atoms with Crippen molar-refractivity contribution in [1.29, 1.82) is 0 Å². The number of anilines is 2. The molecule has 0 aromatic heterocycles. The zero-order valence-corrected chi connectivity index (χ0v) is 23.7. The summed E-state index contributed by atoms with van der Waals surface area (Å²) >= 11 is 1.99. The van der Waals surface area contributed by atoms with E-state index in [-0.39, 0.29) is 54.5 Å². The van der Waals surface area contributed by atoms with Gasteiger partial charge in [-0.3, -0.25) is 9.59 Å². The first-order valence-corrected chi connectivity index (χ1v) is 13.8. The summed E-state index contributed by atoms with van der Waals surface area (Å²) in [6.45, 7) is 0. The van der Waals surface area contributed by atoms with Gasteiger partial charge in [0.15, 0.2) is 5.78 Å². The predicted octanol–water partition coefficient (Wildman–Crippen LogP) is 4.91. The lowest BCUT2D eigenvalue weighted by Crippen LogP contribution is -2.24. The summed E-state index contributed by atoms with van der Waals surface area (Å²) in [4.78, 5) is 53.3. The van der Waals surface area contributed by atoms with E-state index in [4.69, 9.17) is 20.9 Å². The van der Waals surface area contributed by atoms with Gasteiger partial charge >= 0.3 is 11.9 Å². The lowest BCUT2D eigenvalue weighted by Gasteiger charge is -2.24. The number of benzene rings is 4. The number of esters is 2. The second-order valence-electron chi connectivity index (χ2n) is 8.95. The minimum atomic E-state index is -0.842.